The number of imidazole rings is 1. The van der Waals surface area contributed by atoms with Crippen molar-refractivity contribution in [2.24, 2.45) is 11.7 Å². The van der Waals surface area contributed by atoms with E-state index in [4.69, 9.17) is 5.73 Å². The van der Waals surface area contributed by atoms with Crippen molar-refractivity contribution in [3.05, 3.63) is 54.2 Å². The van der Waals surface area contributed by atoms with Gasteiger partial charge in [-0.05, 0) is 17.5 Å². The predicted molar refractivity (Wildman–Crippen MR) is 138 cm³/mol. The second-order valence-electron chi connectivity index (χ2n) is 9.32. The number of rotatable bonds is 13. The van der Waals surface area contributed by atoms with Crippen molar-refractivity contribution in [3.8, 4) is 0 Å². The minimum atomic E-state index is -1.44. The number of aromatic amines is 2. The lowest BCUT2D eigenvalue weighted by Crippen LogP contribution is -2.59. The van der Waals surface area contributed by atoms with Crippen LogP contribution in [0.25, 0.3) is 10.9 Å². The number of hydrogen-bond acceptors (Lipinski definition) is 7. The summed E-state index contributed by atoms with van der Waals surface area (Å²) < 4.78 is 0. The summed E-state index contributed by atoms with van der Waals surface area (Å²) in [5.74, 6) is -3.83. The number of carboxylic acid groups (broad SMARTS) is 1. The number of nitrogens with zero attached hydrogens (tertiary/aromatic N) is 1. The number of aliphatic hydroxyl groups excluding tert-OH is 1. The van der Waals surface area contributed by atoms with Gasteiger partial charge in [0, 0.05) is 41.8 Å². The first-order chi connectivity index (χ1) is 18.1. The highest BCUT2D eigenvalue weighted by Crippen LogP contribution is 2.19. The Morgan fingerprint density at radius 1 is 0.974 bits per heavy atom. The van der Waals surface area contributed by atoms with Gasteiger partial charge in [0.15, 0.2) is 0 Å². The summed E-state index contributed by atoms with van der Waals surface area (Å²) in [6, 6.07) is 2.57. The van der Waals surface area contributed by atoms with E-state index in [1.165, 1.54) is 12.5 Å². The summed E-state index contributed by atoms with van der Waals surface area (Å²) in [6.07, 6.45) is 4.82. The highest BCUT2D eigenvalue weighted by atomic mass is 16.4. The monoisotopic (exact) mass is 527 g/mol. The topological polar surface area (TPSA) is 215 Å². The number of aliphatic carboxylic acids is 1. The maximum absolute atomic E-state index is 13.0. The zero-order chi connectivity index (χ0) is 27.8. The van der Waals surface area contributed by atoms with E-state index in [0.717, 1.165) is 10.9 Å². The maximum atomic E-state index is 13.0. The Hall–Kier alpha value is -4.23. The lowest BCUT2D eigenvalue weighted by Gasteiger charge is -2.26. The Morgan fingerprint density at radius 3 is 2.32 bits per heavy atom. The Bertz CT molecular complexity index is 1260. The number of aromatic nitrogens is 3. The van der Waals surface area contributed by atoms with Crippen molar-refractivity contribution in [3.63, 3.8) is 0 Å². The van der Waals surface area contributed by atoms with Gasteiger partial charge in [-0.3, -0.25) is 14.4 Å². The number of carboxylic acids is 1. The molecule has 0 aliphatic heterocycles. The molecule has 0 saturated carbocycles. The van der Waals surface area contributed by atoms with Gasteiger partial charge in [0.25, 0.3) is 0 Å². The molecule has 38 heavy (non-hydrogen) atoms. The Kier molecular flexibility index (Phi) is 9.57. The van der Waals surface area contributed by atoms with Crippen molar-refractivity contribution < 1.29 is 29.4 Å². The molecular formula is C25H33N7O6. The van der Waals surface area contributed by atoms with Gasteiger partial charge < -0.3 is 41.9 Å². The lowest BCUT2D eigenvalue weighted by molar-refractivity contribution is -0.142. The van der Waals surface area contributed by atoms with E-state index in [-0.39, 0.29) is 18.8 Å². The van der Waals surface area contributed by atoms with Crippen molar-refractivity contribution in [1.29, 1.82) is 0 Å². The number of nitrogens with one attached hydrogen (secondary N) is 5. The molecule has 2 heterocycles. The van der Waals surface area contributed by atoms with Crippen molar-refractivity contribution in [2.45, 2.75) is 50.9 Å². The number of amides is 3. The third-order valence-electron chi connectivity index (χ3n) is 6.11. The first-order valence-corrected chi connectivity index (χ1v) is 12.1. The number of hydrogen-bond donors (Lipinski definition) is 8. The Morgan fingerprint density at radius 2 is 1.68 bits per heavy atom. The van der Waals surface area contributed by atoms with E-state index in [9.17, 15) is 29.4 Å². The number of nitrogens with two attached hydrogens (primary N) is 1. The second-order valence-corrected chi connectivity index (χ2v) is 9.32. The highest BCUT2D eigenvalue weighted by molar-refractivity contribution is 5.94. The van der Waals surface area contributed by atoms with Crippen LogP contribution in [0.15, 0.2) is 43.0 Å². The van der Waals surface area contributed by atoms with E-state index in [1.807, 2.05) is 24.3 Å². The number of carbonyl (C=O) groups is 4. The molecule has 1 aromatic carbocycles. The molecule has 13 heteroatoms. The molecule has 0 aliphatic rings. The van der Waals surface area contributed by atoms with Gasteiger partial charge in [-0.15, -0.1) is 0 Å². The van der Waals surface area contributed by atoms with Crippen LogP contribution in [0.5, 0.6) is 0 Å². The fraction of sp³-hybridized carbons (Fsp3) is 0.400. The number of H-pyrrole nitrogens is 2. The number of fused-ring (bicyclic) bond motifs is 1. The predicted octanol–water partition coefficient (Wildman–Crippen LogP) is -0.809. The molecule has 0 bridgehead atoms. The summed E-state index contributed by atoms with van der Waals surface area (Å²) in [7, 11) is 0. The molecule has 0 radical (unpaired) electrons. The molecule has 3 rings (SSSR count). The van der Waals surface area contributed by atoms with Crippen molar-refractivity contribution >= 4 is 34.6 Å². The SMILES string of the molecule is CC(C)C(NC(=O)C(N)Cc1cnc[nH]1)C(=O)NC(CO)C(=O)NC(Cc1c[nH]c2ccccc12)C(=O)O. The number of aliphatic hydroxyl groups is 1. The van der Waals surface area contributed by atoms with E-state index in [2.05, 4.69) is 30.9 Å². The van der Waals surface area contributed by atoms with Gasteiger partial charge in [-0.1, -0.05) is 32.0 Å². The fourth-order valence-corrected chi connectivity index (χ4v) is 3.97. The maximum Gasteiger partial charge on any atom is 0.326 e. The van der Waals surface area contributed by atoms with Crippen molar-refractivity contribution in [1.82, 2.24) is 30.9 Å². The molecule has 0 fully saturated rings. The van der Waals surface area contributed by atoms with E-state index >= 15 is 0 Å². The van der Waals surface area contributed by atoms with E-state index in [0.29, 0.717) is 11.3 Å². The largest absolute Gasteiger partial charge is 0.480 e. The minimum Gasteiger partial charge on any atom is -0.480 e. The summed E-state index contributed by atoms with van der Waals surface area (Å²) in [4.78, 5) is 60.1. The van der Waals surface area contributed by atoms with Gasteiger partial charge >= 0.3 is 5.97 Å². The Labute approximate surface area is 218 Å². The molecule has 2 aromatic heterocycles. The van der Waals surface area contributed by atoms with Crippen LogP contribution in [0.3, 0.4) is 0 Å². The van der Waals surface area contributed by atoms with Crippen LogP contribution in [0.1, 0.15) is 25.1 Å². The number of para-hydroxylation sites is 1. The summed E-state index contributed by atoms with van der Waals surface area (Å²) in [6.45, 7) is 2.61. The van der Waals surface area contributed by atoms with Crippen LogP contribution >= 0.6 is 0 Å². The van der Waals surface area contributed by atoms with Crippen LogP contribution in [-0.2, 0) is 32.0 Å². The molecule has 3 amide bonds. The lowest BCUT2D eigenvalue weighted by atomic mass is 10.0. The fourth-order valence-electron chi connectivity index (χ4n) is 3.97. The summed E-state index contributed by atoms with van der Waals surface area (Å²) >= 11 is 0. The van der Waals surface area contributed by atoms with Crippen LogP contribution in [-0.4, -0.2) is 79.6 Å². The highest BCUT2D eigenvalue weighted by Gasteiger charge is 2.31. The van der Waals surface area contributed by atoms with Gasteiger partial charge in [0.05, 0.1) is 19.0 Å². The normalized spacial score (nSPS) is 14.4. The summed E-state index contributed by atoms with van der Waals surface area (Å²) in [5.41, 5.74) is 8.11. The summed E-state index contributed by atoms with van der Waals surface area (Å²) in [5, 5.41) is 27.7. The Balaban J connectivity index is 1.63. The van der Waals surface area contributed by atoms with E-state index in [1.54, 1.807) is 20.0 Å². The van der Waals surface area contributed by atoms with Gasteiger partial charge in [-0.2, -0.15) is 0 Å². The quantitative estimate of drug-likeness (QED) is 0.140. The smallest absolute Gasteiger partial charge is 0.326 e. The molecule has 0 aliphatic carbocycles. The van der Waals surface area contributed by atoms with E-state index < -0.39 is 54.5 Å². The molecule has 0 saturated heterocycles. The first kappa shape index (κ1) is 28.3. The third kappa shape index (κ3) is 7.17. The second kappa shape index (κ2) is 12.8. The van der Waals surface area contributed by atoms with Gasteiger partial charge in [0.2, 0.25) is 17.7 Å². The van der Waals surface area contributed by atoms with Crippen LogP contribution < -0.4 is 21.7 Å². The third-order valence-corrected chi connectivity index (χ3v) is 6.11. The van der Waals surface area contributed by atoms with Gasteiger partial charge in [-0.25, -0.2) is 9.78 Å². The minimum absolute atomic E-state index is 0.0178. The van der Waals surface area contributed by atoms with Crippen LogP contribution in [0.4, 0.5) is 0 Å². The van der Waals surface area contributed by atoms with Crippen LogP contribution in [0, 0.1) is 5.92 Å². The average Bonchev–Trinajstić information content (AvgIpc) is 3.54. The molecule has 4 atom stereocenters. The molecule has 4 unspecified atom stereocenters. The molecule has 204 valence electrons. The molecular weight excluding hydrogens is 494 g/mol. The van der Waals surface area contributed by atoms with Crippen LogP contribution in [0.2, 0.25) is 0 Å². The standard InChI is InChI=1S/C25H33N7O6/c1-13(2)21(32-22(34)17(26)8-15-10-27-12-29-15)24(36)31-20(11-33)23(35)30-19(25(37)38)7-14-9-28-18-6-4-3-5-16(14)18/h3-6,9-10,12-13,17,19-21,28,33H,7-8,11,26H2,1-2H3,(H,27,29)(H,30,35)(H,31,36)(H,32,34)(H,37,38). The molecule has 0 spiro atoms. The molecule has 9 N–H and O–H groups in total. The zero-order valence-electron chi connectivity index (χ0n) is 21.1. The van der Waals surface area contributed by atoms with Gasteiger partial charge in [0.1, 0.15) is 18.1 Å². The number of benzene rings is 1. The number of carbonyl (C=O) groups excluding carboxylic acids is 3. The zero-order valence-corrected chi connectivity index (χ0v) is 21.1. The molecule has 3 aromatic rings. The molecule has 13 nitrogen and oxygen atoms in total. The first-order valence-electron chi connectivity index (χ1n) is 12.1. The average molecular weight is 528 g/mol. The van der Waals surface area contributed by atoms with Crippen molar-refractivity contribution in [2.75, 3.05) is 6.61 Å².